The standard InChI is InChI=1S/C15H20BrN3O/c1-4-11-7-6-8-17-15(11)13(20)9-12-14(16)10(3)18-19(12)5-2/h6-8,13,20H,4-5,9H2,1-3H3. The second-order valence-corrected chi connectivity index (χ2v) is 5.58. The highest BCUT2D eigenvalue weighted by Gasteiger charge is 2.19. The molecule has 0 amide bonds. The van der Waals surface area contributed by atoms with Gasteiger partial charge in [0.2, 0.25) is 0 Å². The van der Waals surface area contributed by atoms with E-state index in [4.69, 9.17) is 0 Å². The minimum atomic E-state index is -0.608. The summed E-state index contributed by atoms with van der Waals surface area (Å²) >= 11 is 3.56. The molecule has 0 fully saturated rings. The highest BCUT2D eigenvalue weighted by Crippen LogP contribution is 2.27. The summed E-state index contributed by atoms with van der Waals surface area (Å²) in [6, 6.07) is 3.92. The summed E-state index contributed by atoms with van der Waals surface area (Å²) in [7, 11) is 0. The monoisotopic (exact) mass is 337 g/mol. The van der Waals surface area contributed by atoms with Crippen LogP contribution >= 0.6 is 15.9 Å². The van der Waals surface area contributed by atoms with E-state index < -0.39 is 6.10 Å². The van der Waals surface area contributed by atoms with Crippen LogP contribution in [0.4, 0.5) is 0 Å². The molecule has 2 rings (SSSR count). The lowest BCUT2D eigenvalue weighted by atomic mass is 10.0. The van der Waals surface area contributed by atoms with Gasteiger partial charge in [-0.15, -0.1) is 0 Å². The zero-order valence-corrected chi connectivity index (χ0v) is 13.7. The molecule has 0 aliphatic carbocycles. The summed E-state index contributed by atoms with van der Waals surface area (Å²) in [5.41, 5.74) is 3.83. The van der Waals surface area contributed by atoms with E-state index in [0.717, 1.165) is 40.1 Å². The van der Waals surface area contributed by atoms with Crippen molar-refractivity contribution in [3.63, 3.8) is 0 Å². The van der Waals surface area contributed by atoms with Gasteiger partial charge in [-0.25, -0.2) is 0 Å². The van der Waals surface area contributed by atoms with Gasteiger partial charge in [-0.3, -0.25) is 9.67 Å². The van der Waals surface area contributed by atoms with Crippen molar-refractivity contribution in [3.8, 4) is 0 Å². The normalized spacial score (nSPS) is 12.7. The fourth-order valence-electron chi connectivity index (χ4n) is 2.39. The first kappa shape index (κ1) is 15.2. The van der Waals surface area contributed by atoms with Crippen molar-refractivity contribution in [1.29, 1.82) is 0 Å². The van der Waals surface area contributed by atoms with Crippen molar-refractivity contribution >= 4 is 15.9 Å². The Hall–Kier alpha value is -1.20. The Morgan fingerprint density at radius 1 is 1.40 bits per heavy atom. The Bertz CT molecular complexity index is 595. The molecule has 1 atom stereocenters. The van der Waals surface area contributed by atoms with Gasteiger partial charge < -0.3 is 5.11 Å². The molecule has 0 radical (unpaired) electrons. The van der Waals surface area contributed by atoms with E-state index in [1.54, 1.807) is 6.20 Å². The lowest BCUT2D eigenvalue weighted by molar-refractivity contribution is 0.169. The number of pyridine rings is 1. The molecule has 4 nitrogen and oxygen atoms in total. The van der Waals surface area contributed by atoms with Crippen molar-refractivity contribution in [1.82, 2.24) is 14.8 Å². The van der Waals surface area contributed by atoms with Gasteiger partial charge in [0.1, 0.15) is 6.10 Å². The number of rotatable bonds is 5. The molecule has 0 aliphatic heterocycles. The summed E-state index contributed by atoms with van der Waals surface area (Å²) < 4.78 is 2.91. The van der Waals surface area contributed by atoms with E-state index in [1.165, 1.54) is 0 Å². The summed E-state index contributed by atoms with van der Waals surface area (Å²) in [5.74, 6) is 0. The summed E-state index contributed by atoms with van der Waals surface area (Å²) in [6.07, 6.45) is 2.51. The van der Waals surface area contributed by atoms with Crippen molar-refractivity contribution in [2.45, 2.75) is 46.3 Å². The molecule has 2 aromatic heterocycles. The molecular weight excluding hydrogens is 318 g/mol. The van der Waals surface area contributed by atoms with Crippen molar-refractivity contribution in [2.24, 2.45) is 0 Å². The van der Waals surface area contributed by atoms with E-state index in [-0.39, 0.29) is 0 Å². The lowest BCUT2D eigenvalue weighted by Crippen LogP contribution is -2.11. The van der Waals surface area contributed by atoms with Crippen LogP contribution in [-0.2, 0) is 19.4 Å². The second-order valence-electron chi connectivity index (χ2n) is 4.78. The van der Waals surface area contributed by atoms with Gasteiger partial charge in [-0.2, -0.15) is 5.10 Å². The van der Waals surface area contributed by atoms with Crippen molar-refractivity contribution < 1.29 is 5.11 Å². The van der Waals surface area contributed by atoms with E-state index in [0.29, 0.717) is 6.42 Å². The minimum absolute atomic E-state index is 0.513. The van der Waals surface area contributed by atoms with Crippen LogP contribution < -0.4 is 0 Å². The molecule has 2 heterocycles. The van der Waals surface area contributed by atoms with E-state index in [2.05, 4.69) is 32.9 Å². The quantitative estimate of drug-likeness (QED) is 0.911. The molecule has 0 saturated carbocycles. The molecule has 0 bridgehead atoms. The molecule has 0 spiro atoms. The Balaban J connectivity index is 2.30. The molecular formula is C15H20BrN3O. The molecule has 0 aliphatic rings. The Labute approximate surface area is 128 Å². The Kier molecular flexibility index (Phi) is 4.94. The fourth-order valence-corrected chi connectivity index (χ4v) is 2.84. The number of aliphatic hydroxyl groups is 1. The van der Waals surface area contributed by atoms with Crippen molar-refractivity contribution in [2.75, 3.05) is 0 Å². The zero-order valence-electron chi connectivity index (χ0n) is 12.1. The molecule has 2 aromatic rings. The highest BCUT2D eigenvalue weighted by molar-refractivity contribution is 9.10. The van der Waals surface area contributed by atoms with Gasteiger partial charge >= 0.3 is 0 Å². The van der Waals surface area contributed by atoms with E-state index in [1.807, 2.05) is 30.7 Å². The number of halogens is 1. The maximum Gasteiger partial charge on any atom is 0.102 e. The first-order chi connectivity index (χ1) is 9.58. The summed E-state index contributed by atoms with van der Waals surface area (Å²) in [6.45, 7) is 6.87. The predicted octanol–water partition coefficient (Wildman–Crippen LogP) is 3.21. The van der Waals surface area contributed by atoms with Crippen LogP contribution in [0, 0.1) is 6.92 Å². The third-order valence-electron chi connectivity index (χ3n) is 3.46. The van der Waals surface area contributed by atoms with E-state index in [9.17, 15) is 5.11 Å². The third-order valence-corrected chi connectivity index (χ3v) is 4.49. The van der Waals surface area contributed by atoms with Crippen LogP contribution in [0.25, 0.3) is 0 Å². The van der Waals surface area contributed by atoms with Gasteiger partial charge in [0, 0.05) is 19.2 Å². The highest BCUT2D eigenvalue weighted by atomic mass is 79.9. The summed E-state index contributed by atoms with van der Waals surface area (Å²) in [4.78, 5) is 4.34. The smallest absolute Gasteiger partial charge is 0.102 e. The topological polar surface area (TPSA) is 50.9 Å². The number of hydrogen-bond acceptors (Lipinski definition) is 3. The maximum atomic E-state index is 10.5. The molecule has 0 aromatic carbocycles. The number of aromatic nitrogens is 3. The Morgan fingerprint density at radius 3 is 2.80 bits per heavy atom. The SMILES string of the molecule is CCc1cccnc1C(O)Cc1c(Br)c(C)nn1CC. The zero-order chi connectivity index (χ0) is 14.7. The average Bonchev–Trinajstić information content (AvgIpc) is 2.74. The number of nitrogens with zero attached hydrogens (tertiary/aromatic N) is 3. The largest absolute Gasteiger partial charge is 0.386 e. The van der Waals surface area contributed by atoms with Gasteiger partial charge in [0.05, 0.1) is 21.6 Å². The van der Waals surface area contributed by atoms with Crippen LogP contribution in [0.1, 0.15) is 42.6 Å². The molecule has 1 N–H and O–H groups in total. The molecule has 20 heavy (non-hydrogen) atoms. The van der Waals surface area contributed by atoms with Crippen LogP contribution in [0.2, 0.25) is 0 Å². The first-order valence-corrected chi connectivity index (χ1v) is 7.71. The van der Waals surface area contributed by atoms with Crippen LogP contribution in [0.15, 0.2) is 22.8 Å². The van der Waals surface area contributed by atoms with E-state index >= 15 is 0 Å². The van der Waals surface area contributed by atoms with Gasteiger partial charge in [0.15, 0.2) is 0 Å². The lowest BCUT2D eigenvalue weighted by Gasteiger charge is -2.14. The van der Waals surface area contributed by atoms with Gasteiger partial charge in [-0.05, 0) is 47.8 Å². The maximum absolute atomic E-state index is 10.5. The van der Waals surface area contributed by atoms with Crippen LogP contribution in [-0.4, -0.2) is 19.9 Å². The molecule has 1 unspecified atom stereocenters. The second kappa shape index (κ2) is 6.50. The Morgan fingerprint density at radius 2 is 2.15 bits per heavy atom. The molecule has 0 saturated heterocycles. The van der Waals surface area contributed by atoms with Gasteiger partial charge in [0.25, 0.3) is 0 Å². The number of hydrogen-bond donors (Lipinski definition) is 1. The summed E-state index contributed by atoms with van der Waals surface area (Å²) in [5, 5.41) is 15.0. The number of aliphatic hydroxyl groups excluding tert-OH is 1. The third kappa shape index (κ3) is 2.94. The average molecular weight is 338 g/mol. The van der Waals surface area contributed by atoms with Crippen LogP contribution in [0.5, 0.6) is 0 Å². The molecule has 5 heteroatoms. The van der Waals surface area contributed by atoms with Crippen LogP contribution in [0.3, 0.4) is 0 Å². The number of aryl methyl sites for hydroxylation is 3. The molecule has 108 valence electrons. The predicted molar refractivity (Wildman–Crippen MR) is 82.6 cm³/mol. The fraction of sp³-hybridized carbons (Fsp3) is 0.467. The minimum Gasteiger partial charge on any atom is -0.386 e. The van der Waals surface area contributed by atoms with Gasteiger partial charge in [-0.1, -0.05) is 13.0 Å². The van der Waals surface area contributed by atoms with Crippen molar-refractivity contribution in [3.05, 3.63) is 45.4 Å². The first-order valence-electron chi connectivity index (χ1n) is 6.92.